The van der Waals surface area contributed by atoms with Gasteiger partial charge in [-0.2, -0.15) is 4.52 Å². The van der Waals surface area contributed by atoms with Crippen molar-refractivity contribution in [1.29, 1.82) is 0 Å². The first kappa shape index (κ1) is 17.4. The second kappa shape index (κ2) is 5.92. The van der Waals surface area contributed by atoms with Crippen LogP contribution in [0.25, 0.3) is 4.96 Å². The molecule has 0 radical (unpaired) electrons. The van der Waals surface area contributed by atoms with Gasteiger partial charge in [0, 0.05) is 17.3 Å². The van der Waals surface area contributed by atoms with Crippen molar-refractivity contribution in [1.82, 2.24) is 14.6 Å². The summed E-state index contributed by atoms with van der Waals surface area (Å²) in [6.07, 6.45) is 0.688. The summed E-state index contributed by atoms with van der Waals surface area (Å²) < 4.78 is 6.16. The van der Waals surface area contributed by atoms with Crippen LogP contribution in [0.15, 0.2) is 10.9 Å². The quantitative estimate of drug-likeness (QED) is 0.840. The Hall–Kier alpha value is -1.96. The molecule has 8 heteroatoms. The smallest absolute Gasteiger partial charge is 0.313 e. The lowest BCUT2D eigenvalue weighted by Crippen LogP contribution is -2.51. The third kappa shape index (κ3) is 3.08. The highest BCUT2D eigenvalue weighted by Gasteiger charge is 2.44. The monoisotopic (exact) mass is 338 g/mol. The lowest BCUT2D eigenvalue weighted by atomic mass is 9.74. The molecule has 7 nitrogen and oxygen atoms in total. The van der Waals surface area contributed by atoms with Crippen molar-refractivity contribution in [3.05, 3.63) is 22.1 Å². The van der Waals surface area contributed by atoms with Crippen LogP contribution < -0.4 is 10.9 Å². The molecule has 2 aromatic heterocycles. The van der Waals surface area contributed by atoms with E-state index in [1.54, 1.807) is 13.8 Å². The zero-order valence-electron chi connectivity index (χ0n) is 14.3. The van der Waals surface area contributed by atoms with Crippen LogP contribution in [0, 0.1) is 5.41 Å². The fourth-order valence-electron chi connectivity index (χ4n) is 2.02. The van der Waals surface area contributed by atoms with Crippen LogP contribution >= 0.6 is 11.3 Å². The average molecular weight is 338 g/mol. The van der Waals surface area contributed by atoms with Crippen LogP contribution in [0.2, 0.25) is 0 Å². The molecule has 0 aliphatic heterocycles. The number of hydrogen-bond acceptors (Lipinski definition) is 7. The van der Waals surface area contributed by atoms with Gasteiger partial charge in [0.1, 0.15) is 0 Å². The molecule has 1 N–H and O–H groups in total. The lowest BCUT2D eigenvalue weighted by molar-refractivity contribution is -0.153. The van der Waals surface area contributed by atoms with Gasteiger partial charge in [0.05, 0.1) is 12.5 Å². The number of hydrogen-bond donors (Lipinski definition) is 1. The van der Waals surface area contributed by atoms with Crippen LogP contribution in [0.1, 0.15) is 40.3 Å². The lowest BCUT2D eigenvalue weighted by Gasteiger charge is -2.39. The summed E-state index contributed by atoms with van der Waals surface area (Å²) in [7, 11) is 1.37. The molecule has 2 rings (SSSR count). The fraction of sp³-hybridized carbons (Fsp3) is 0.600. The minimum Gasteiger partial charge on any atom is -0.469 e. The number of fused-ring (bicyclic) bond motifs is 1. The molecule has 0 saturated heterocycles. The molecule has 2 aromatic rings. The predicted octanol–water partition coefficient (Wildman–Crippen LogP) is 2.10. The molecule has 2 heterocycles. The maximum atomic E-state index is 12.1. The van der Waals surface area contributed by atoms with Crippen molar-refractivity contribution in [2.24, 2.45) is 5.41 Å². The summed E-state index contributed by atoms with van der Waals surface area (Å²) in [5, 5.41) is 8.04. The molecule has 0 atom stereocenters. The van der Waals surface area contributed by atoms with Gasteiger partial charge in [-0.1, -0.05) is 18.3 Å². The third-order valence-electron chi connectivity index (χ3n) is 4.34. The van der Waals surface area contributed by atoms with Crippen molar-refractivity contribution in [3.63, 3.8) is 0 Å². The summed E-state index contributed by atoms with van der Waals surface area (Å²) in [5.74, 6) is -0.320. The Kier molecular flexibility index (Phi) is 4.48. The molecular formula is C15H22N4O3S. The minimum atomic E-state index is -0.785. The highest BCUT2D eigenvalue weighted by atomic mass is 32.1. The normalized spacial score (nSPS) is 12.4. The van der Waals surface area contributed by atoms with Crippen molar-refractivity contribution >= 4 is 27.4 Å². The van der Waals surface area contributed by atoms with Crippen LogP contribution in [-0.2, 0) is 16.0 Å². The number of carbonyl (C=O) groups excluding carboxylic acids is 1. The number of methoxy groups -OCH3 is 1. The number of anilines is 1. The van der Waals surface area contributed by atoms with E-state index < -0.39 is 11.0 Å². The van der Waals surface area contributed by atoms with E-state index in [0.717, 1.165) is 5.69 Å². The highest BCUT2D eigenvalue weighted by molar-refractivity contribution is 7.20. The standard InChI is InChI=1S/C15H22N4O3S/c1-7-9-8-10(20)19-13(16-9)23-12(18-19)17-15(4,5)14(2,3)11(21)22-6/h8H,7H2,1-6H3,(H,17,18). The molecule has 126 valence electrons. The van der Waals surface area contributed by atoms with E-state index in [1.165, 1.54) is 29.0 Å². The average Bonchev–Trinajstić information content (AvgIpc) is 2.88. The number of nitrogens with zero attached hydrogens (tertiary/aromatic N) is 3. The Bertz CT molecular complexity index is 792. The Balaban J connectivity index is 2.40. The Morgan fingerprint density at radius 2 is 2.04 bits per heavy atom. The van der Waals surface area contributed by atoms with Gasteiger partial charge in [-0.05, 0) is 34.1 Å². The topological polar surface area (TPSA) is 85.6 Å². The molecule has 0 fully saturated rings. The summed E-state index contributed by atoms with van der Waals surface area (Å²) in [4.78, 5) is 29.0. The van der Waals surface area contributed by atoms with E-state index in [4.69, 9.17) is 4.74 Å². The van der Waals surface area contributed by atoms with E-state index in [9.17, 15) is 9.59 Å². The van der Waals surface area contributed by atoms with Crippen LogP contribution in [0.5, 0.6) is 0 Å². The number of rotatable bonds is 5. The van der Waals surface area contributed by atoms with Gasteiger partial charge < -0.3 is 10.1 Å². The van der Waals surface area contributed by atoms with Gasteiger partial charge in [0.25, 0.3) is 5.56 Å². The first-order chi connectivity index (χ1) is 10.6. The van der Waals surface area contributed by atoms with E-state index in [-0.39, 0.29) is 11.5 Å². The molecule has 0 amide bonds. The van der Waals surface area contributed by atoms with Crippen LogP contribution in [0.4, 0.5) is 5.13 Å². The Morgan fingerprint density at radius 1 is 1.39 bits per heavy atom. The maximum Gasteiger partial charge on any atom is 0.313 e. The molecule has 0 aliphatic carbocycles. The number of esters is 1. The van der Waals surface area contributed by atoms with Gasteiger partial charge in [0.2, 0.25) is 10.1 Å². The second-order valence-corrected chi connectivity index (χ2v) is 7.36. The molecule has 23 heavy (non-hydrogen) atoms. The molecule has 0 unspecified atom stereocenters. The summed E-state index contributed by atoms with van der Waals surface area (Å²) in [6, 6.07) is 1.49. The summed E-state index contributed by atoms with van der Waals surface area (Å²) >= 11 is 1.28. The summed E-state index contributed by atoms with van der Waals surface area (Å²) in [6.45, 7) is 9.34. The first-order valence-electron chi connectivity index (χ1n) is 7.38. The number of ether oxygens (including phenoxy) is 1. The van der Waals surface area contributed by atoms with Crippen molar-refractivity contribution in [3.8, 4) is 0 Å². The van der Waals surface area contributed by atoms with Crippen LogP contribution in [-0.4, -0.2) is 33.2 Å². The van der Waals surface area contributed by atoms with Gasteiger partial charge in [-0.3, -0.25) is 9.59 Å². The number of carbonyl (C=O) groups is 1. The van der Waals surface area contributed by atoms with E-state index in [0.29, 0.717) is 16.5 Å². The Labute approximate surface area is 138 Å². The van der Waals surface area contributed by atoms with Crippen molar-refractivity contribution in [2.45, 2.75) is 46.6 Å². The molecule has 0 aliphatic rings. The van der Waals surface area contributed by atoms with E-state index in [2.05, 4.69) is 15.4 Å². The van der Waals surface area contributed by atoms with Gasteiger partial charge in [0.15, 0.2) is 0 Å². The van der Waals surface area contributed by atoms with Crippen molar-refractivity contribution < 1.29 is 9.53 Å². The van der Waals surface area contributed by atoms with E-state index >= 15 is 0 Å². The van der Waals surface area contributed by atoms with Gasteiger partial charge >= 0.3 is 5.97 Å². The Morgan fingerprint density at radius 3 is 2.61 bits per heavy atom. The predicted molar refractivity (Wildman–Crippen MR) is 90.0 cm³/mol. The van der Waals surface area contributed by atoms with Crippen LogP contribution in [0.3, 0.4) is 0 Å². The number of aryl methyl sites for hydroxylation is 1. The van der Waals surface area contributed by atoms with Gasteiger partial charge in [-0.25, -0.2) is 4.98 Å². The highest BCUT2D eigenvalue weighted by Crippen LogP contribution is 2.35. The zero-order valence-corrected chi connectivity index (χ0v) is 15.1. The molecule has 0 aromatic carbocycles. The van der Waals surface area contributed by atoms with Gasteiger partial charge in [-0.15, -0.1) is 5.10 Å². The molecule has 0 bridgehead atoms. The summed E-state index contributed by atoms with van der Waals surface area (Å²) in [5.41, 5.74) is -0.891. The molecule has 0 saturated carbocycles. The minimum absolute atomic E-state index is 0.207. The van der Waals surface area contributed by atoms with Crippen molar-refractivity contribution in [2.75, 3.05) is 12.4 Å². The largest absolute Gasteiger partial charge is 0.469 e. The number of aromatic nitrogens is 3. The SMILES string of the molecule is CCc1cc(=O)n2nc(NC(C)(C)C(C)(C)C(=O)OC)sc2n1. The third-order valence-corrected chi connectivity index (χ3v) is 5.16. The maximum absolute atomic E-state index is 12.1. The molecular weight excluding hydrogens is 316 g/mol. The fourth-order valence-corrected chi connectivity index (χ4v) is 3.00. The second-order valence-electron chi connectivity index (χ2n) is 6.41. The van der Waals surface area contributed by atoms with E-state index in [1.807, 2.05) is 20.8 Å². The zero-order chi connectivity index (χ0) is 17.4. The number of nitrogens with one attached hydrogen (secondary N) is 1. The first-order valence-corrected chi connectivity index (χ1v) is 8.20. The molecule has 0 spiro atoms.